The highest BCUT2D eigenvalue weighted by Crippen LogP contribution is 2.28. The molecule has 7 heteroatoms. The van der Waals surface area contributed by atoms with Gasteiger partial charge in [0, 0.05) is 18.0 Å². The zero-order valence-electron chi connectivity index (χ0n) is 14.5. The first kappa shape index (κ1) is 17.9. The van der Waals surface area contributed by atoms with E-state index >= 15 is 0 Å². The number of nitrogens with one attached hydrogen (secondary N) is 1. The van der Waals surface area contributed by atoms with Crippen molar-refractivity contribution in [1.29, 1.82) is 0 Å². The maximum Gasteiger partial charge on any atom is 0.408 e. The highest BCUT2D eigenvalue weighted by Gasteiger charge is 2.35. The average Bonchev–Trinajstić information content (AvgIpc) is 2.94. The summed E-state index contributed by atoms with van der Waals surface area (Å²) in [5.41, 5.74) is -0.316. The minimum Gasteiger partial charge on any atom is -0.445 e. The third kappa shape index (κ3) is 4.55. The van der Waals surface area contributed by atoms with E-state index in [1.165, 1.54) is 6.26 Å². The van der Waals surface area contributed by atoms with E-state index in [1.54, 1.807) is 53.1 Å². The van der Waals surface area contributed by atoms with Gasteiger partial charge in [-0.2, -0.15) is 0 Å². The molecule has 0 aliphatic carbocycles. The Bertz CT molecular complexity index is 689. The summed E-state index contributed by atoms with van der Waals surface area (Å²) >= 11 is 0. The summed E-state index contributed by atoms with van der Waals surface area (Å²) < 4.78 is 10.6. The number of nitrogens with zero attached hydrogens (tertiary/aromatic N) is 2. The summed E-state index contributed by atoms with van der Waals surface area (Å²) in [5, 5.41) is 13.2. The number of amides is 1. The van der Waals surface area contributed by atoms with Crippen molar-refractivity contribution >= 4 is 6.09 Å². The summed E-state index contributed by atoms with van der Waals surface area (Å²) in [6.45, 7) is 8.63. The largest absolute Gasteiger partial charge is 0.445 e. The molecule has 1 amide bonds. The smallest absolute Gasteiger partial charge is 0.408 e. The predicted molar refractivity (Wildman–Crippen MR) is 88.1 cm³/mol. The molecule has 0 aliphatic heterocycles. The number of aromatic nitrogens is 2. The first-order valence-electron chi connectivity index (χ1n) is 7.63. The van der Waals surface area contributed by atoms with Gasteiger partial charge in [0.1, 0.15) is 17.6 Å². The Morgan fingerprint density at radius 1 is 1.33 bits per heavy atom. The number of carbonyl (C=O) groups excluding carboxylic acids is 1. The number of rotatable bonds is 4. The number of oxazole rings is 1. The van der Waals surface area contributed by atoms with Crippen molar-refractivity contribution in [2.75, 3.05) is 0 Å². The van der Waals surface area contributed by atoms with E-state index in [-0.39, 0.29) is 5.89 Å². The van der Waals surface area contributed by atoms with Crippen LogP contribution in [-0.2, 0) is 4.74 Å². The van der Waals surface area contributed by atoms with Crippen LogP contribution in [0, 0.1) is 0 Å². The monoisotopic (exact) mass is 333 g/mol. The molecule has 0 aliphatic rings. The third-order valence-electron chi connectivity index (χ3n) is 3.22. The zero-order chi connectivity index (χ0) is 18.0. The molecule has 2 rings (SSSR count). The first-order chi connectivity index (χ1) is 11.1. The van der Waals surface area contributed by atoms with E-state index in [4.69, 9.17) is 9.15 Å². The van der Waals surface area contributed by atoms with Gasteiger partial charge in [0.05, 0.1) is 5.54 Å². The average molecular weight is 333 g/mol. The Morgan fingerprint density at radius 2 is 2.04 bits per heavy atom. The summed E-state index contributed by atoms with van der Waals surface area (Å²) in [7, 11) is 0. The predicted octanol–water partition coefficient (Wildman–Crippen LogP) is 3.07. The van der Waals surface area contributed by atoms with Crippen LogP contribution in [0.5, 0.6) is 0 Å². The second-order valence-electron chi connectivity index (χ2n) is 7.06. The highest BCUT2D eigenvalue weighted by atomic mass is 16.6. The van der Waals surface area contributed by atoms with E-state index in [0.717, 1.165) is 5.56 Å². The van der Waals surface area contributed by atoms with Crippen LogP contribution >= 0.6 is 0 Å². The molecule has 1 atom stereocenters. The molecule has 0 fully saturated rings. The van der Waals surface area contributed by atoms with Gasteiger partial charge in [-0.25, -0.2) is 9.78 Å². The van der Waals surface area contributed by atoms with Crippen molar-refractivity contribution in [3.05, 3.63) is 36.7 Å². The molecule has 2 N–H and O–H groups in total. The quantitative estimate of drug-likeness (QED) is 0.892. The molecule has 2 heterocycles. The molecule has 0 bridgehead atoms. The minimum atomic E-state index is -1.14. The van der Waals surface area contributed by atoms with Gasteiger partial charge in [-0.1, -0.05) is 0 Å². The van der Waals surface area contributed by atoms with Crippen molar-refractivity contribution in [2.24, 2.45) is 0 Å². The SMILES string of the molecule is CC(C)(C)OC(=O)NC(C)(C)C(O)c1nc(-c2cccnc2)co1. The maximum absolute atomic E-state index is 11.9. The summed E-state index contributed by atoms with van der Waals surface area (Å²) in [4.78, 5) is 20.2. The van der Waals surface area contributed by atoms with Gasteiger partial charge in [0.2, 0.25) is 5.89 Å². The molecule has 2 aromatic rings. The number of carbonyl (C=O) groups is 1. The Labute approximate surface area is 141 Å². The van der Waals surface area contributed by atoms with E-state index < -0.39 is 23.3 Å². The van der Waals surface area contributed by atoms with Crippen LogP contribution in [0.25, 0.3) is 11.3 Å². The Kier molecular flexibility index (Phi) is 4.94. The molecule has 0 spiro atoms. The van der Waals surface area contributed by atoms with Crippen molar-refractivity contribution in [3.8, 4) is 11.3 Å². The van der Waals surface area contributed by atoms with Crippen LogP contribution in [0.3, 0.4) is 0 Å². The molecule has 0 aromatic carbocycles. The van der Waals surface area contributed by atoms with Crippen molar-refractivity contribution in [2.45, 2.75) is 51.9 Å². The molecule has 7 nitrogen and oxygen atoms in total. The molecule has 130 valence electrons. The number of ether oxygens (including phenoxy) is 1. The second-order valence-corrected chi connectivity index (χ2v) is 7.06. The molecular formula is C17H23N3O4. The van der Waals surface area contributed by atoms with Gasteiger partial charge in [-0.15, -0.1) is 0 Å². The summed E-state index contributed by atoms with van der Waals surface area (Å²) in [6, 6.07) is 3.62. The van der Waals surface area contributed by atoms with Crippen LogP contribution in [0.1, 0.15) is 46.6 Å². The summed E-state index contributed by atoms with van der Waals surface area (Å²) in [5.74, 6) is 0.106. The molecule has 0 saturated heterocycles. The van der Waals surface area contributed by atoms with Crippen LogP contribution in [0.4, 0.5) is 4.79 Å². The van der Waals surface area contributed by atoms with E-state index in [1.807, 2.05) is 6.07 Å². The summed E-state index contributed by atoms with van der Waals surface area (Å²) in [6.07, 6.45) is 2.99. The van der Waals surface area contributed by atoms with Crippen molar-refractivity contribution in [3.63, 3.8) is 0 Å². The first-order valence-corrected chi connectivity index (χ1v) is 7.63. The van der Waals surface area contributed by atoms with E-state index in [9.17, 15) is 9.90 Å². The lowest BCUT2D eigenvalue weighted by Crippen LogP contribution is -2.49. The Hall–Kier alpha value is -2.41. The fourth-order valence-electron chi connectivity index (χ4n) is 2.00. The Morgan fingerprint density at radius 3 is 2.62 bits per heavy atom. The third-order valence-corrected chi connectivity index (χ3v) is 3.22. The van der Waals surface area contributed by atoms with Crippen LogP contribution in [0.2, 0.25) is 0 Å². The number of aliphatic hydroxyl groups excluding tert-OH is 1. The molecular weight excluding hydrogens is 310 g/mol. The molecule has 0 saturated carbocycles. The van der Waals surface area contributed by atoms with Gasteiger partial charge in [-0.05, 0) is 46.8 Å². The van der Waals surface area contributed by atoms with Gasteiger partial charge < -0.3 is 19.6 Å². The Balaban J connectivity index is 2.11. The molecule has 0 radical (unpaired) electrons. The van der Waals surface area contributed by atoms with Crippen LogP contribution < -0.4 is 5.32 Å². The maximum atomic E-state index is 11.9. The topological polar surface area (TPSA) is 97.5 Å². The second kappa shape index (κ2) is 6.60. The van der Waals surface area contributed by atoms with Crippen molar-refractivity contribution in [1.82, 2.24) is 15.3 Å². The molecule has 1 unspecified atom stereocenters. The normalized spacial score (nSPS) is 13.4. The highest BCUT2D eigenvalue weighted by molar-refractivity contribution is 5.68. The number of aliphatic hydroxyl groups is 1. The van der Waals surface area contributed by atoms with E-state index in [2.05, 4.69) is 15.3 Å². The lowest BCUT2D eigenvalue weighted by molar-refractivity contribution is 0.0221. The standard InChI is InChI=1S/C17H23N3O4/c1-16(2,3)24-15(22)20-17(4,5)13(21)14-19-12(10-23-14)11-7-6-8-18-9-11/h6-10,13,21H,1-5H3,(H,20,22). The van der Waals surface area contributed by atoms with Gasteiger partial charge >= 0.3 is 6.09 Å². The van der Waals surface area contributed by atoms with Gasteiger partial charge in [0.15, 0.2) is 6.10 Å². The number of pyridine rings is 1. The lowest BCUT2D eigenvalue weighted by Gasteiger charge is -2.31. The fourth-order valence-corrected chi connectivity index (χ4v) is 2.00. The van der Waals surface area contributed by atoms with Crippen molar-refractivity contribution < 1.29 is 19.1 Å². The number of alkyl carbamates (subject to hydrolysis) is 1. The lowest BCUT2D eigenvalue weighted by atomic mass is 9.97. The van der Waals surface area contributed by atoms with Crippen LogP contribution in [-0.4, -0.2) is 32.3 Å². The van der Waals surface area contributed by atoms with E-state index in [0.29, 0.717) is 5.69 Å². The fraction of sp³-hybridized carbons (Fsp3) is 0.471. The van der Waals surface area contributed by atoms with Gasteiger partial charge in [-0.3, -0.25) is 4.98 Å². The number of hydrogen-bond donors (Lipinski definition) is 2. The molecule has 2 aromatic heterocycles. The van der Waals surface area contributed by atoms with Gasteiger partial charge in [0.25, 0.3) is 0 Å². The minimum absolute atomic E-state index is 0.106. The molecule has 24 heavy (non-hydrogen) atoms. The zero-order valence-corrected chi connectivity index (χ0v) is 14.5. The van der Waals surface area contributed by atoms with Crippen LogP contribution in [0.15, 0.2) is 35.2 Å². The number of hydrogen-bond acceptors (Lipinski definition) is 6.